The van der Waals surface area contributed by atoms with E-state index in [-0.39, 0.29) is 18.0 Å². The number of sulfonamides is 1. The van der Waals surface area contributed by atoms with E-state index in [1.807, 2.05) is 44.2 Å². The third-order valence-corrected chi connectivity index (χ3v) is 8.89. The minimum atomic E-state index is -3.74. The maximum Gasteiger partial charge on any atom is 0.255 e. The van der Waals surface area contributed by atoms with Crippen LogP contribution in [-0.2, 0) is 15.6 Å². The minimum absolute atomic E-state index is 0.122. The Balaban J connectivity index is 1.70. The van der Waals surface area contributed by atoms with E-state index in [2.05, 4.69) is 15.7 Å². The molecule has 0 radical (unpaired) electrons. The molecule has 232 valence electrons. The Bertz CT molecular complexity index is 2010. The largest absolute Gasteiger partial charge is 0.355 e. The molecule has 0 aliphatic rings. The number of fused-ring (bicyclic) bond motifs is 1. The van der Waals surface area contributed by atoms with Crippen LogP contribution in [0.15, 0.2) is 91.1 Å². The Labute approximate surface area is 261 Å². The van der Waals surface area contributed by atoms with Gasteiger partial charge in [0.2, 0.25) is 10.0 Å². The van der Waals surface area contributed by atoms with Gasteiger partial charge in [-0.15, -0.1) is 0 Å². The highest BCUT2D eigenvalue weighted by molar-refractivity contribution is 7.92. The van der Waals surface area contributed by atoms with Crippen LogP contribution in [0.2, 0.25) is 0 Å². The lowest BCUT2D eigenvalue weighted by Gasteiger charge is -2.27. The summed E-state index contributed by atoms with van der Waals surface area (Å²) in [5, 5.41) is 10.4. The molecule has 0 atom stereocenters. The summed E-state index contributed by atoms with van der Waals surface area (Å²) in [5.74, 6) is -1.16. The van der Waals surface area contributed by atoms with Crippen molar-refractivity contribution >= 4 is 33.0 Å². The molecule has 2 aromatic heterocycles. The van der Waals surface area contributed by atoms with Gasteiger partial charge in [-0.3, -0.25) is 13.9 Å². The summed E-state index contributed by atoms with van der Waals surface area (Å²) in [6, 6.07) is 23.8. The zero-order valence-corrected chi connectivity index (χ0v) is 26.4. The normalized spacial score (nSPS) is 11.8. The van der Waals surface area contributed by atoms with Crippen molar-refractivity contribution in [3.05, 3.63) is 114 Å². The molecule has 3 aromatic carbocycles. The van der Waals surface area contributed by atoms with E-state index in [1.165, 1.54) is 40.1 Å². The van der Waals surface area contributed by atoms with E-state index in [1.54, 1.807) is 43.5 Å². The van der Waals surface area contributed by atoms with Crippen LogP contribution in [0.25, 0.3) is 27.9 Å². The van der Waals surface area contributed by atoms with E-state index >= 15 is 0 Å². The summed E-state index contributed by atoms with van der Waals surface area (Å²) in [6.07, 6.45) is 2.67. The fourth-order valence-electron chi connectivity index (χ4n) is 5.36. The number of halogens is 1. The molecule has 11 heteroatoms. The molecule has 45 heavy (non-hydrogen) atoms. The van der Waals surface area contributed by atoms with Crippen LogP contribution in [0.1, 0.15) is 47.1 Å². The maximum absolute atomic E-state index is 13.7. The molecule has 9 nitrogen and oxygen atoms in total. The lowest BCUT2D eigenvalue weighted by molar-refractivity contribution is 0.0910. The lowest BCUT2D eigenvalue weighted by atomic mass is 9.93. The van der Waals surface area contributed by atoms with Crippen molar-refractivity contribution in [3.63, 3.8) is 0 Å². The topological polar surface area (TPSA) is 113 Å². The van der Waals surface area contributed by atoms with Crippen molar-refractivity contribution in [2.45, 2.75) is 26.3 Å². The molecular weight excluding hydrogens is 593 g/mol. The zero-order valence-electron chi connectivity index (χ0n) is 25.6. The van der Waals surface area contributed by atoms with Crippen molar-refractivity contribution in [2.24, 2.45) is 0 Å². The average molecular weight is 628 g/mol. The second-order valence-corrected chi connectivity index (χ2v) is 13.1. The van der Waals surface area contributed by atoms with Gasteiger partial charge in [0.25, 0.3) is 11.8 Å². The number of nitrogens with one attached hydrogen (secondary N) is 2. The molecule has 5 aromatic rings. The van der Waals surface area contributed by atoms with Gasteiger partial charge in [-0.05, 0) is 74.4 Å². The van der Waals surface area contributed by atoms with Crippen LogP contribution < -0.4 is 14.9 Å². The fourth-order valence-corrected chi connectivity index (χ4v) is 6.34. The molecule has 0 unspecified atom stereocenters. The Morgan fingerprint density at radius 2 is 1.62 bits per heavy atom. The van der Waals surface area contributed by atoms with Crippen LogP contribution >= 0.6 is 0 Å². The van der Waals surface area contributed by atoms with Gasteiger partial charge < -0.3 is 10.6 Å². The third kappa shape index (κ3) is 6.30. The molecule has 5 rings (SSSR count). The van der Waals surface area contributed by atoms with Gasteiger partial charge >= 0.3 is 0 Å². The molecule has 2 N–H and O–H groups in total. The quantitative estimate of drug-likeness (QED) is 0.220. The van der Waals surface area contributed by atoms with E-state index in [4.69, 9.17) is 0 Å². The molecule has 2 heterocycles. The van der Waals surface area contributed by atoms with Crippen molar-refractivity contribution in [3.8, 4) is 22.4 Å². The summed E-state index contributed by atoms with van der Waals surface area (Å²) >= 11 is 0. The minimum Gasteiger partial charge on any atom is -0.355 e. The Hall–Kier alpha value is -5.03. The monoisotopic (exact) mass is 627 g/mol. The van der Waals surface area contributed by atoms with Gasteiger partial charge in [0, 0.05) is 30.3 Å². The third-order valence-electron chi connectivity index (χ3n) is 7.63. The highest BCUT2D eigenvalue weighted by Crippen LogP contribution is 2.37. The summed E-state index contributed by atoms with van der Waals surface area (Å²) < 4.78 is 42.4. The fraction of sp³-hybridized carbons (Fsp3) is 0.206. The molecule has 0 saturated carbocycles. The molecular formula is C34H34FN5O4S. The standard InChI is InChI=1S/C34H34FN5O4S/c1-6-40(45(5,43)44)29-21-39-28(30(33(42)36-4)31(38-39)22-15-17-26(35)18-16-22)20-27(29)23-11-10-12-24(19-23)32(41)37-34(2,3)25-13-8-7-9-14-25/h7-21H,6H2,1-5H3,(H,36,42)(H,37,41). The summed E-state index contributed by atoms with van der Waals surface area (Å²) in [6.45, 7) is 5.67. The highest BCUT2D eigenvalue weighted by atomic mass is 32.2. The molecule has 0 aliphatic heterocycles. The molecule has 2 amide bonds. The van der Waals surface area contributed by atoms with Gasteiger partial charge in [0.1, 0.15) is 11.5 Å². The van der Waals surface area contributed by atoms with Gasteiger partial charge in [-0.1, -0.05) is 42.5 Å². The number of hydrogen-bond acceptors (Lipinski definition) is 5. The van der Waals surface area contributed by atoms with Crippen LogP contribution in [0.5, 0.6) is 0 Å². The second kappa shape index (κ2) is 12.2. The first kappa shape index (κ1) is 31.4. The van der Waals surface area contributed by atoms with Gasteiger partial charge in [0.05, 0.1) is 34.8 Å². The van der Waals surface area contributed by atoms with Crippen LogP contribution in [0.3, 0.4) is 0 Å². The lowest BCUT2D eigenvalue weighted by Crippen LogP contribution is -2.40. The average Bonchev–Trinajstić information content (AvgIpc) is 3.39. The van der Waals surface area contributed by atoms with Crippen molar-refractivity contribution < 1.29 is 22.4 Å². The van der Waals surface area contributed by atoms with Crippen molar-refractivity contribution in [2.75, 3.05) is 24.2 Å². The predicted molar refractivity (Wildman–Crippen MR) is 174 cm³/mol. The second-order valence-electron chi connectivity index (χ2n) is 11.2. The van der Waals surface area contributed by atoms with Crippen LogP contribution in [0, 0.1) is 5.82 Å². The first-order valence-corrected chi connectivity index (χ1v) is 16.2. The molecule has 0 bridgehead atoms. The summed E-state index contributed by atoms with van der Waals surface area (Å²) in [7, 11) is -2.24. The number of carbonyl (C=O) groups is 2. The number of nitrogens with zero attached hydrogens (tertiary/aromatic N) is 3. The van der Waals surface area contributed by atoms with Crippen molar-refractivity contribution in [1.29, 1.82) is 0 Å². The van der Waals surface area contributed by atoms with Gasteiger partial charge in [-0.25, -0.2) is 17.3 Å². The number of amides is 2. The van der Waals surface area contributed by atoms with Gasteiger partial charge in [0.15, 0.2) is 0 Å². The summed E-state index contributed by atoms with van der Waals surface area (Å²) in [4.78, 5) is 26.7. The van der Waals surface area contributed by atoms with E-state index in [0.29, 0.717) is 39.2 Å². The first-order chi connectivity index (χ1) is 21.3. The molecule has 0 saturated heterocycles. The Morgan fingerprint density at radius 3 is 2.24 bits per heavy atom. The van der Waals surface area contributed by atoms with Crippen LogP contribution in [-0.4, -0.2) is 49.7 Å². The van der Waals surface area contributed by atoms with E-state index in [0.717, 1.165) is 11.8 Å². The van der Waals surface area contributed by atoms with Gasteiger partial charge in [-0.2, -0.15) is 5.10 Å². The number of aromatic nitrogens is 2. The number of hydrogen-bond donors (Lipinski definition) is 2. The number of rotatable bonds is 9. The van der Waals surface area contributed by atoms with E-state index < -0.39 is 27.3 Å². The number of pyridine rings is 1. The zero-order chi connectivity index (χ0) is 32.5. The first-order valence-electron chi connectivity index (χ1n) is 14.3. The highest BCUT2D eigenvalue weighted by Gasteiger charge is 2.27. The smallest absolute Gasteiger partial charge is 0.255 e. The maximum atomic E-state index is 13.7. The number of benzene rings is 3. The molecule has 0 aliphatic carbocycles. The van der Waals surface area contributed by atoms with Crippen LogP contribution in [0.4, 0.5) is 10.1 Å². The Kier molecular flexibility index (Phi) is 8.48. The predicted octanol–water partition coefficient (Wildman–Crippen LogP) is 5.62. The number of carbonyl (C=O) groups excluding carboxylic acids is 2. The molecule has 0 spiro atoms. The Morgan fingerprint density at radius 1 is 0.933 bits per heavy atom. The summed E-state index contributed by atoms with van der Waals surface area (Å²) in [5.41, 5.74) is 3.44. The SMILES string of the molecule is CCN(c1cn2nc(-c3ccc(F)cc3)c(C(=O)NC)c2cc1-c1cccc(C(=O)NC(C)(C)c2ccccc2)c1)S(C)(=O)=O. The molecule has 0 fully saturated rings. The van der Waals surface area contributed by atoms with E-state index in [9.17, 15) is 22.4 Å². The number of anilines is 1. The van der Waals surface area contributed by atoms with Crippen molar-refractivity contribution in [1.82, 2.24) is 20.2 Å².